The summed E-state index contributed by atoms with van der Waals surface area (Å²) in [6.07, 6.45) is 0. The summed E-state index contributed by atoms with van der Waals surface area (Å²) in [5.41, 5.74) is 10.7. The lowest BCUT2D eigenvalue weighted by Crippen LogP contribution is -2.10. The third-order valence-electron chi connectivity index (χ3n) is 11.4. The van der Waals surface area contributed by atoms with Crippen molar-refractivity contribution >= 4 is 92.2 Å². The van der Waals surface area contributed by atoms with Crippen molar-refractivity contribution in [3.8, 4) is 33.8 Å². The van der Waals surface area contributed by atoms with E-state index in [2.05, 4.69) is 205 Å². The lowest BCUT2D eigenvalue weighted by Gasteiger charge is -2.26. The quantitative estimate of drug-likeness (QED) is 0.169. The molecule has 0 amide bonds. The standard InChI is InChI=1S/C54H33N3OS/c1-3-14-34(15-4-1)37-20-13-23-43(29-37)57(42-21-5-2-6-22-42)47-32-41(31-46-45-30-38-18-9-10-19-39(38)33-48(45)58-52(46)47)54-55-50(40-27-26-35-16-7-8-17-36(35)28-40)53-51(56-54)44-24-11-12-25-49(44)59-53/h1-33H. The fourth-order valence-electron chi connectivity index (χ4n) is 8.55. The van der Waals surface area contributed by atoms with E-state index in [4.69, 9.17) is 14.4 Å². The van der Waals surface area contributed by atoms with Crippen LogP contribution >= 0.6 is 11.3 Å². The summed E-state index contributed by atoms with van der Waals surface area (Å²) in [5.74, 6) is 0.661. The van der Waals surface area contributed by atoms with Crippen LogP contribution in [0.4, 0.5) is 17.1 Å². The highest BCUT2D eigenvalue weighted by atomic mass is 32.1. The summed E-state index contributed by atoms with van der Waals surface area (Å²) in [7, 11) is 0. The molecule has 59 heavy (non-hydrogen) atoms. The first-order valence-corrected chi connectivity index (χ1v) is 20.6. The predicted molar refractivity (Wildman–Crippen MR) is 248 cm³/mol. The van der Waals surface area contributed by atoms with Crippen LogP contribution in [0, 0.1) is 0 Å². The number of aromatic nitrogens is 2. The number of para-hydroxylation sites is 1. The molecule has 4 nitrogen and oxygen atoms in total. The molecule has 276 valence electrons. The summed E-state index contributed by atoms with van der Waals surface area (Å²) in [6, 6.07) is 70.8. The van der Waals surface area contributed by atoms with Crippen LogP contribution in [0.5, 0.6) is 0 Å². The lowest BCUT2D eigenvalue weighted by molar-refractivity contribution is 0.669. The molecule has 3 aromatic heterocycles. The van der Waals surface area contributed by atoms with Gasteiger partial charge in [-0.1, -0.05) is 140 Å². The molecular weight excluding hydrogens is 739 g/mol. The minimum Gasteiger partial charge on any atom is -0.454 e. The van der Waals surface area contributed by atoms with E-state index in [0.29, 0.717) is 5.82 Å². The van der Waals surface area contributed by atoms with Crippen LogP contribution in [-0.4, -0.2) is 9.97 Å². The monoisotopic (exact) mass is 771 g/mol. The minimum atomic E-state index is 0.661. The van der Waals surface area contributed by atoms with Crippen molar-refractivity contribution in [1.82, 2.24) is 9.97 Å². The Morgan fingerprint density at radius 2 is 1.10 bits per heavy atom. The second-order valence-electron chi connectivity index (χ2n) is 15.0. The average molecular weight is 772 g/mol. The largest absolute Gasteiger partial charge is 0.454 e. The molecule has 12 aromatic rings. The van der Waals surface area contributed by atoms with Crippen LogP contribution in [0.2, 0.25) is 0 Å². The molecule has 9 aromatic carbocycles. The van der Waals surface area contributed by atoms with Gasteiger partial charge >= 0.3 is 0 Å². The van der Waals surface area contributed by atoms with Gasteiger partial charge in [-0.05, 0) is 93.3 Å². The number of anilines is 3. The molecule has 0 radical (unpaired) electrons. The Balaban J connectivity index is 1.17. The Hall–Kier alpha value is -7.60. The highest BCUT2D eigenvalue weighted by Gasteiger charge is 2.24. The molecular formula is C54H33N3OS. The van der Waals surface area contributed by atoms with Gasteiger partial charge < -0.3 is 9.32 Å². The predicted octanol–water partition coefficient (Wildman–Crippen LogP) is 15.5. The minimum absolute atomic E-state index is 0.661. The third-order valence-corrected chi connectivity index (χ3v) is 12.6. The zero-order valence-corrected chi connectivity index (χ0v) is 32.5. The van der Waals surface area contributed by atoms with Gasteiger partial charge in [-0.3, -0.25) is 0 Å². The molecule has 0 fully saturated rings. The highest BCUT2D eigenvalue weighted by molar-refractivity contribution is 7.26. The van der Waals surface area contributed by atoms with E-state index >= 15 is 0 Å². The molecule has 3 heterocycles. The summed E-state index contributed by atoms with van der Waals surface area (Å²) < 4.78 is 9.26. The van der Waals surface area contributed by atoms with Gasteiger partial charge in [0, 0.05) is 43.4 Å². The topological polar surface area (TPSA) is 42.2 Å². The fourth-order valence-corrected chi connectivity index (χ4v) is 9.71. The van der Waals surface area contributed by atoms with Crippen molar-refractivity contribution in [2.75, 3.05) is 4.90 Å². The Bertz CT molecular complexity index is 3570. The maximum Gasteiger partial charge on any atom is 0.160 e. The number of thiophene rings is 1. The Morgan fingerprint density at radius 1 is 0.424 bits per heavy atom. The first-order valence-electron chi connectivity index (χ1n) is 19.8. The van der Waals surface area contributed by atoms with E-state index in [9.17, 15) is 0 Å². The van der Waals surface area contributed by atoms with Crippen LogP contribution in [0.25, 0.3) is 97.6 Å². The smallest absolute Gasteiger partial charge is 0.160 e. The Morgan fingerprint density at radius 3 is 1.93 bits per heavy atom. The molecule has 12 rings (SSSR count). The third kappa shape index (κ3) is 5.66. The Labute approximate surface area is 343 Å². The molecule has 5 heteroatoms. The molecule has 0 N–H and O–H groups in total. The van der Waals surface area contributed by atoms with Crippen molar-refractivity contribution in [2.24, 2.45) is 0 Å². The van der Waals surface area contributed by atoms with E-state index < -0.39 is 0 Å². The van der Waals surface area contributed by atoms with Gasteiger partial charge in [-0.15, -0.1) is 11.3 Å². The van der Waals surface area contributed by atoms with Gasteiger partial charge in [0.05, 0.1) is 21.6 Å². The molecule has 0 bridgehead atoms. The molecule has 0 aliphatic rings. The van der Waals surface area contributed by atoms with E-state index in [-0.39, 0.29) is 0 Å². The first kappa shape index (κ1) is 33.5. The maximum absolute atomic E-state index is 6.99. The van der Waals surface area contributed by atoms with Crippen molar-refractivity contribution in [2.45, 2.75) is 0 Å². The summed E-state index contributed by atoms with van der Waals surface area (Å²) >= 11 is 1.75. The zero-order chi connectivity index (χ0) is 38.9. The van der Waals surface area contributed by atoms with Gasteiger partial charge in [0.15, 0.2) is 11.4 Å². The van der Waals surface area contributed by atoms with Crippen molar-refractivity contribution < 1.29 is 4.42 Å². The average Bonchev–Trinajstić information content (AvgIpc) is 3.86. The van der Waals surface area contributed by atoms with Gasteiger partial charge in [-0.25, -0.2) is 9.97 Å². The van der Waals surface area contributed by atoms with Crippen molar-refractivity contribution in [3.05, 3.63) is 200 Å². The van der Waals surface area contributed by atoms with Gasteiger partial charge in [0.25, 0.3) is 0 Å². The molecule has 0 saturated carbocycles. The van der Waals surface area contributed by atoms with E-state index in [1.165, 1.54) is 15.5 Å². The van der Waals surface area contributed by atoms with E-state index in [0.717, 1.165) is 93.3 Å². The molecule has 0 saturated heterocycles. The fraction of sp³-hybridized carbons (Fsp3) is 0. The normalized spacial score (nSPS) is 11.7. The lowest BCUT2D eigenvalue weighted by atomic mass is 10.0. The SMILES string of the molecule is c1ccc(-c2cccc(N(c3ccccc3)c3cc(-c4nc(-c5ccc6ccccc6c5)c5sc6ccccc6c5n4)cc4c3oc3cc5ccccc5cc34)c2)cc1. The number of furan rings is 1. The molecule has 0 aliphatic carbocycles. The van der Waals surface area contributed by atoms with Crippen LogP contribution in [0.3, 0.4) is 0 Å². The molecule has 0 aliphatic heterocycles. The van der Waals surface area contributed by atoms with Crippen molar-refractivity contribution in [1.29, 1.82) is 0 Å². The summed E-state index contributed by atoms with van der Waals surface area (Å²) in [4.78, 5) is 13.3. The summed E-state index contributed by atoms with van der Waals surface area (Å²) in [5, 5.41) is 7.85. The van der Waals surface area contributed by atoms with Gasteiger partial charge in [0.1, 0.15) is 5.58 Å². The number of nitrogens with zero attached hydrogens (tertiary/aromatic N) is 3. The highest BCUT2D eigenvalue weighted by Crippen LogP contribution is 2.47. The van der Waals surface area contributed by atoms with Gasteiger partial charge in [0.2, 0.25) is 0 Å². The van der Waals surface area contributed by atoms with Crippen LogP contribution < -0.4 is 4.90 Å². The number of benzene rings is 9. The molecule has 0 unspecified atom stereocenters. The van der Waals surface area contributed by atoms with Gasteiger partial charge in [-0.2, -0.15) is 0 Å². The zero-order valence-electron chi connectivity index (χ0n) is 31.7. The second kappa shape index (κ2) is 13.5. The molecule has 0 atom stereocenters. The second-order valence-corrected chi connectivity index (χ2v) is 16.0. The van der Waals surface area contributed by atoms with Crippen LogP contribution in [0.15, 0.2) is 205 Å². The van der Waals surface area contributed by atoms with E-state index in [1.807, 2.05) is 0 Å². The first-order chi connectivity index (χ1) is 29.2. The Kier molecular flexibility index (Phi) is 7.68. The van der Waals surface area contributed by atoms with Crippen LogP contribution in [-0.2, 0) is 0 Å². The number of rotatable bonds is 6. The molecule has 0 spiro atoms. The number of hydrogen-bond acceptors (Lipinski definition) is 5. The number of hydrogen-bond donors (Lipinski definition) is 0. The number of fused-ring (bicyclic) bond motifs is 8. The van der Waals surface area contributed by atoms with Crippen molar-refractivity contribution in [3.63, 3.8) is 0 Å². The maximum atomic E-state index is 6.99. The van der Waals surface area contributed by atoms with E-state index in [1.54, 1.807) is 11.3 Å². The van der Waals surface area contributed by atoms with Crippen LogP contribution in [0.1, 0.15) is 0 Å². The summed E-state index contributed by atoms with van der Waals surface area (Å²) in [6.45, 7) is 0.